The molecule has 1 atom stereocenters. The molecule has 0 saturated carbocycles. The Morgan fingerprint density at radius 3 is 2.35 bits per heavy atom. The molecule has 0 aliphatic heterocycles. The molecule has 0 aliphatic rings. The Balaban J connectivity index is 2.05. The van der Waals surface area contributed by atoms with Crippen molar-refractivity contribution in [3.63, 3.8) is 0 Å². The van der Waals surface area contributed by atoms with Gasteiger partial charge in [-0.1, -0.05) is 45.0 Å². The van der Waals surface area contributed by atoms with E-state index in [0.29, 0.717) is 5.75 Å². The summed E-state index contributed by atoms with van der Waals surface area (Å²) in [4.78, 5) is 12.3. The maximum atomic E-state index is 12.3. The third-order valence-corrected chi connectivity index (χ3v) is 4.17. The molecular weight excluding hydrogens is 354 g/mol. The zero-order chi connectivity index (χ0) is 17.0. The lowest BCUT2D eigenvalue weighted by atomic mass is 9.87. The van der Waals surface area contributed by atoms with E-state index in [4.69, 9.17) is 4.74 Å². The molecule has 0 spiro atoms. The van der Waals surface area contributed by atoms with Gasteiger partial charge in [0.05, 0.1) is 5.69 Å². The summed E-state index contributed by atoms with van der Waals surface area (Å²) in [6, 6.07) is 15.3. The van der Waals surface area contributed by atoms with Gasteiger partial charge in [0, 0.05) is 4.47 Å². The minimum Gasteiger partial charge on any atom is -0.481 e. The van der Waals surface area contributed by atoms with Gasteiger partial charge in [-0.05, 0) is 58.1 Å². The number of ether oxygens (including phenoxy) is 1. The van der Waals surface area contributed by atoms with E-state index in [-0.39, 0.29) is 11.3 Å². The van der Waals surface area contributed by atoms with Gasteiger partial charge in [0.1, 0.15) is 5.75 Å². The van der Waals surface area contributed by atoms with Gasteiger partial charge in [0.15, 0.2) is 6.10 Å². The number of halogens is 1. The zero-order valence-electron chi connectivity index (χ0n) is 13.9. The summed E-state index contributed by atoms with van der Waals surface area (Å²) in [6.45, 7) is 8.20. The number of benzene rings is 2. The molecule has 122 valence electrons. The van der Waals surface area contributed by atoms with Crippen molar-refractivity contribution in [1.82, 2.24) is 0 Å². The summed E-state index contributed by atoms with van der Waals surface area (Å²) in [7, 11) is 0. The van der Waals surface area contributed by atoms with Gasteiger partial charge in [-0.25, -0.2) is 0 Å². The quantitative estimate of drug-likeness (QED) is 0.801. The third kappa shape index (κ3) is 4.83. The van der Waals surface area contributed by atoms with E-state index >= 15 is 0 Å². The Hall–Kier alpha value is -1.81. The third-order valence-electron chi connectivity index (χ3n) is 3.52. The minimum atomic E-state index is -0.577. The number of rotatable bonds is 4. The molecule has 2 aromatic carbocycles. The van der Waals surface area contributed by atoms with Crippen molar-refractivity contribution < 1.29 is 9.53 Å². The lowest BCUT2D eigenvalue weighted by molar-refractivity contribution is -0.122. The van der Waals surface area contributed by atoms with Crippen molar-refractivity contribution in [2.75, 3.05) is 5.32 Å². The van der Waals surface area contributed by atoms with Crippen LogP contribution in [0, 0.1) is 0 Å². The van der Waals surface area contributed by atoms with Crippen LogP contribution in [0.2, 0.25) is 0 Å². The fourth-order valence-corrected chi connectivity index (χ4v) is 2.55. The second-order valence-electron chi connectivity index (χ2n) is 6.51. The largest absolute Gasteiger partial charge is 0.481 e. The Labute approximate surface area is 146 Å². The molecule has 2 rings (SSSR count). The first-order chi connectivity index (χ1) is 10.8. The number of amides is 1. The van der Waals surface area contributed by atoms with Crippen molar-refractivity contribution in [3.8, 4) is 5.75 Å². The molecule has 2 aromatic rings. The smallest absolute Gasteiger partial charge is 0.265 e. The van der Waals surface area contributed by atoms with Crippen LogP contribution in [-0.2, 0) is 10.2 Å². The molecule has 0 aliphatic carbocycles. The van der Waals surface area contributed by atoms with Crippen LogP contribution in [-0.4, -0.2) is 12.0 Å². The Bertz CT molecular complexity index is 678. The van der Waals surface area contributed by atoms with E-state index in [2.05, 4.69) is 42.0 Å². The molecule has 23 heavy (non-hydrogen) atoms. The van der Waals surface area contributed by atoms with Crippen LogP contribution in [0.4, 0.5) is 5.69 Å². The van der Waals surface area contributed by atoms with Gasteiger partial charge in [0.2, 0.25) is 0 Å². The van der Waals surface area contributed by atoms with E-state index in [9.17, 15) is 4.79 Å². The highest BCUT2D eigenvalue weighted by atomic mass is 79.9. The molecule has 0 heterocycles. The van der Waals surface area contributed by atoms with Crippen LogP contribution in [0.5, 0.6) is 5.75 Å². The SMILES string of the molecule is CC(Oc1ccccc1)C(=O)Nc1ccc(C(C)(C)C)cc1Br. The second kappa shape index (κ2) is 7.18. The van der Waals surface area contributed by atoms with Gasteiger partial charge < -0.3 is 10.1 Å². The normalized spacial score (nSPS) is 12.6. The summed E-state index contributed by atoms with van der Waals surface area (Å²) in [5, 5.41) is 2.90. The molecule has 0 fully saturated rings. The van der Waals surface area contributed by atoms with E-state index in [1.165, 1.54) is 5.56 Å². The molecule has 1 amide bonds. The number of carbonyl (C=O) groups excluding carboxylic acids is 1. The first kappa shape index (κ1) is 17.5. The van der Waals surface area contributed by atoms with Gasteiger partial charge in [-0.15, -0.1) is 0 Å². The lowest BCUT2D eigenvalue weighted by Gasteiger charge is -2.21. The van der Waals surface area contributed by atoms with E-state index in [0.717, 1.165) is 10.2 Å². The van der Waals surface area contributed by atoms with Crippen LogP contribution in [0.15, 0.2) is 53.0 Å². The molecule has 1 unspecified atom stereocenters. The first-order valence-electron chi connectivity index (χ1n) is 7.60. The maximum absolute atomic E-state index is 12.3. The Kier molecular flexibility index (Phi) is 5.47. The van der Waals surface area contributed by atoms with Crippen molar-refractivity contribution in [3.05, 3.63) is 58.6 Å². The van der Waals surface area contributed by atoms with Crippen LogP contribution in [0.25, 0.3) is 0 Å². The average Bonchev–Trinajstić information content (AvgIpc) is 2.49. The Morgan fingerprint density at radius 2 is 1.78 bits per heavy atom. The topological polar surface area (TPSA) is 38.3 Å². The molecule has 1 N–H and O–H groups in total. The van der Waals surface area contributed by atoms with Crippen molar-refractivity contribution in [2.45, 2.75) is 39.2 Å². The summed E-state index contributed by atoms with van der Waals surface area (Å²) in [6.07, 6.45) is -0.577. The predicted octanol–water partition coefficient (Wildman–Crippen LogP) is 5.15. The second-order valence-corrected chi connectivity index (χ2v) is 7.36. The number of carbonyl (C=O) groups is 1. The van der Waals surface area contributed by atoms with Gasteiger partial charge in [-0.2, -0.15) is 0 Å². The number of hydrogen-bond acceptors (Lipinski definition) is 2. The molecule has 3 nitrogen and oxygen atoms in total. The summed E-state index contributed by atoms with van der Waals surface area (Å²) in [5.74, 6) is 0.496. The predicted molar refractivity (Wildman–Crippen MR) is 98.0 cm³/mol. The highest BCUT2D eigenvalue weighted by Gasteiger charge is 2.18. The number of para-hydroxylation sites is 1. The Morgan fingerprint density at radius 1 is 1.13 bits per heavy atom. The first-order valence-corrected chi connectivity index (χ1v) is 8.39. The van der Waals surface area contributed by atoms with Crippen molar-refractivity contribution in [1.29, 1.82) is 0 Å². The fourth-order valence-electron chi connectivity index (χ4n) is 2.07. The average molecular weight is 376 g/mol. The molecular formula is C19H22BrNO2. The summed E-state index contributed by atoms with van der Waals surface area (Å²) in [5.41, 5.74) is 2.01. The highest BCUT2D eigenvalue weighted by Crippen LogP contribution is 2.30. The van der Waals surface area contributed by atoms with Crippen LogP contribution >= 0.6 is 15.9 Å². The van der Waals surface area contributed by atoms with E-state index < -0.39 is 6.10 Å². The fraction of sp³-hybridized carbons (Fsp3) is 0.316. The molecule has 0 saturated heterocycles. The zero-order valence-corrected chi connectivity index (χ0v) is 15.5. The van der Waals surface area contributed by atoms with Crippen molar-refractivity contribution >= 4 is 27.5 Å². The number of anilines is 1. The number of nitrogens with one attached hydrogen (secondary N) is 1. The summed E-state index contributed by atoms with van der Waals surface area (Å²) >= 11 is 3.53. The van der Waals surface area contributed by atoms with Crippen LogP contribution in [0.1, 0.15) is 33.3 Å². The van der Waals surface area contributed by atoms with Gasteiger partial charge in [0.25, 0.3) is 5.91 Å². The molecule has 0 radical (unpaired) electrons. The number of hydrogen-bond donors (Lipinski definition) is 1. The summed E-state index contributed by atoms with van der Waals surface area (Å²) < 4.78 is 6.50. The van der Waals surface area contributed by atoms with Crippen LogP contribution in [0.3, 0.4) is 0 Å². The van der Waals surface area contributed by atoms with Gasteiger partial charge in [-0.3, -0.25) is 4.79 Å². The lowest BCUT2D eigenvalue weighted by Crippen LogP contribution is -2.30. The minimum absolute atomic E-state index is 0.0643. The molecule has 0 aromatic heterocycles. The maximum Gasteiger partial charge on any atom is 0.265 e. The van der Waals surface area contributed by atoms with Crippen molar-refractivity contribution in [2.24, 2.45) is 0 Å². The highest BCUT2D eigenvalue weighted by molar-refractivity contribution is 9.10. The standard InChI is InChI=1S/C19H22BrNO2/c1-13(23-15-8-6-5-7-9-15)18(22)21-17-11-10-14(12-16(17)20)19(2,3)4/h5-13H,1-4H3,(H,21,22). The molecule has 4 heteroatoms. The van der Waals surface area contributed by atoms with Crippen LogP contribution < -0.4 is 10.1 Å². The molecule has 0 bridgehead atoms. The van der Waals surface area contributed by atoms with E-state index in [1.54, 1.807) is 6.92 Å². The van der Waals surface area contributed by atoms with E-state index in [1.807, 2.05) is 48.5 Å². The monoisotopic (exact) mass is 375 g/mol. The van der Waals surface area contributed by atoms with Gasteiger partial charge >= 0.3 is 0 Å².